The summed E-state index contributed by atoms with van der Waals surface area (Å²) in [6, 6.07) is 16.6. The fraction of sp³-hybridized carbons (Fsp3) is 0.158. The van der Waals surface area contributed by atoms with Crippen LogP contribution in [0.5, 0.6) is 0 Å². The predicted octanol–water partition coefficient (Wildman–Crippen LogP) is 3.18. The number of hydrogen-bond donors (Lipinski definition) is 1. The van der Waals surface area contributed by atoms with Crippen molar-refractivity contribution in [3.63, 3.8) is 0 Å². The fourth-order valence-electron chi connectivity index (χ4n) is 2.83. The molecule has 4 nitrogen and oxygen atoms in total. The Bertz CT molecular complexity index is 752. The van der Waals surface area contributed by atoms with Gasteiger partial charge in [0.2, 0.25) is 0 Å². The molecule has 0 spiro atoms. The second kappa shape index (κ2) is 6.48. The van der Waals surface area contributed by atoms with Crippen molar-refractivity contribution in [1.82, 2.24) is 0 Å². The highest BCUT2D eigenvalue weighted by Gasteiger charge is 2.32. The number of ketones is 1. The zero-order valence-electron chi connectivity index (χ0n) is 12.7. The molecule has 1 aliphatic rings. The molecule has 0 heterocycles. The molecule has 0 fully saturated rings. The summed E-state index contributed by atoms with van der Waals surface area (Å²) in [6.45, 7) is 0. The number of ether oxygens (including phenoxy) is 1. The molecule has 0 radical (unpaired) electrons. The topological polar surface area (TPSA) is 55.4 Å². The van der Waals surface area contributed by atoms with E-state index in [1.165, 1.54) is 7.11 Å². The maximum Gasteiger partial charge on any atom is 0.339 e. The first-order valence-corrected chi connectivity index (χ1v) is 7.41. The van der Waals surface area contributed by atoms with Crippen LogP contribution in [-0.2, 0) is 9.53 Å². The maximum atomic E-state index is 12.2. The van der Waals surface area contributed by atoms with Crippen molar-refractivity contribution in [2.75, 3.05) is 12.4 Å². The van der Waals surface area contributed by atoms with Crippen molar-refractivity contribution < 1.29 is 14.3 Å². The number of esters is 1. The van der Waals surface area contributed by atoms with E-state index < -0.39 is 5.97 Å². The summed E-state index contributed by atoms with van der Waals surface area (Å²) >= 11 is 0. The van der Waals surface area contributed by atoms with Gasteiger partial charge in [-0.05, 0) is 23.8 Å². The van der Waals surface area contributed by atoms with Gasteiger partial charge in [0.15, 0.2) is 5.78 Å². The van der Waals surface area contributed by atoms with Crippen LogP contribution in [-0.4, -0.2) is 24.9 Å². The standard InChI is InChI=1S/C19H17NO3/c1-23-19(22)14-9-5-6-10-15(14)20-16-11-12-17(21)18(16)13-7-3-2-4-8-13/h2-12,16,18,20H,1H3/t16-,18+/m1/s1. The van der Waals surface area contributed by atoms with Crippen LogP contribution in [0.4, 0.5) is 5.69 Å². The Kier molecular flexibility index (Phi) is 4.24. The molecule has 0 amide bonds. The summed E-state index contributed by atoms with van der Waals surface area (Å²) in [5.74, 6) is -0.635. The summed E-state index contributed by atoms with van der Waals surface area (Å²) in [7, 11) is 1.35. The van der Waals surface area contributed by atoms with Gasteiger partial charge in [0.25, 0.3) is 0 Å². The smallest absolute Gasteiger partial charge is 0.339 e. The largest absolute Gasteiger partial charge is 0.465 e. The number of benzene rings is 2. The summed E-state index contributed by atoms with van der Waals surface area (Å²) in [5, 5.41) is 3.30. The number of para-hydroxylation sites is 1. The lowest BCUT2D eigenvalue weighted by atomic mass is 9.92. The average Bonchev–Trinajstić information content (AvgIpc) is 2.96. The van der Waals surface area contributed by atoms with Crippen LogP contribution in [0.15, 0.2) is 66.7 Å². The molecule has 0 aliphatic heterocycles. The molecule has 0 aromatic heterocycles. The van der Waals surface area contributed by atoms with Crippen molar-refractivity contribution in [3.8, 4) is 0 Å². The molecule has 3 rings (SSSR count). The number of methoxy groups -OCH3 is 1. The zero-order valence-corrected chi connectivity index (χ0v) is 12.7. The van der Waals surface area contributed by atoms with E-state index in [-0.39, 0.29) is 17.7 Å². The minimum Gasteiger partial charge on any atom is -0.465 e. The van der Waals surface area contributed by atoms with E-state index in [0.29, 0.717) is 11.3 Å². The molecule has 0 saturated heterocycles. The van der Waals surface area contributed by atoms with Crippen LogP contribution in [0.2, 0.25) is 0 Å². The lowest BCUT2D eigenvalue weighted by Crippen LogP contribution is -2.27. The van der Waals surface area contributed by atoms with E-state index in [4.69, 9.17) is 4.74 Å². The molecule has 0 saturated carbocycles. The number of carbonyl (C=O) groups excluding carboxylic acids is 2. The Morgan fingerprint density at radius 3 is 2.48 bits per heavy atom. The first kappa shape index (κ1) is 15.0. The lowest BCUT2D eigenvalue weighted by molar-refractivity contribution is -0.115. The first-order valence-electron chi connectivity index (χ1n) is 7.41. The van der Waals surface area contributed by atoms with E-state index in [1.807, 2.05) is 48.5 Å². The van der Waals surface area contributed by atoms with Gasteiger partial charge in [0.1, 0.15) is 0 Å². The van der Waals surface area contributed by atoms with E-state index in [1.54, 1.807) is 18.2 Å². The molecular formula is C19H17NO3. The molecule has 0 unspecified atom stereocenters. The van der Waals surface area contributed by atoms with Crippen molar-refractivity contribution in [3.05, 3.63) is 77.9 Å². The summed E-state index contributed by atoms with van der Waals surface area (Å²) in [5.41, 5.74) is 2.06. The Balaban J connectivity index is 1.89. The van der Waals surface area contributed by atoms with E-state index in [0.717, 1.165) is 5.56 Å². The fourth-order valence-corrected chi connectivity index (χ4v) is 2.83. The molecular weight excluding hydrogens is 290 g/mol. The molecule has 2 aromatic carbocycles. The number of carbonyl (C=O) groups is 2. The summed E-state index contributed by atoms with van der Waals surface area (Å²) in [6.07, 6.45) is 3.43. The Morgan fingerprint density at radius 1 is 1.04 bits per heavy atom. The molecule has 4 heteroatoms. The van der Waals surface area contributed by atoms with Crippen LogP contribution in [0, 0.1) is 0 Å². The van der Waals surface area contributed by atoms with Gasteiger partial charge in [0.05, 0.1) is 24.6 Å². The van der Waals surface area contributed by atoms with Crippen LogP contribution in [0.1, 0.15) is 21.8 Å². The second-order valence-corrected chi connectivity index (χ2v) is 5.36. The van der Waals surface area contributed by atoms with E-state index in [9.17, 15) is 9.59 Å². The third kappa shape index (κ3) is 3.01. The minimum atomic E-state index is -0.405. The van der Waals surface area contributed by atoms with Crippen LogP contribution < -0.4 is 5.32 Å². The predicted molar refractivity (Wildman–Crippen MR) is 88.5 cm³/mol. The maximum absolute atomic E-state index is 12.2. The van der Waals surface area contributed by atoms with Crippen LogP contribution in [0.25, 0.3) is 0 Å². The Labute approximate surface area is 134 Å². The SMILES string of the molecule is COC(=O)c1ccccc1N[C@@H]1C=CC(=O)[C@H]1c1ccccc1. The summed E-state index contributed by atoms with van der Waals surface area (Å²) in [4.78, 5) is 24.1. The molecule has 1 N–H and O–H groups in total. The quantitative estimate of drug-likeness (QED) is 0.882. The third-order valence-corrected chi connectivity index (χ3v) is 3.95. The molecule has 116 valence electrons. The normalized spacial score (nSPS) is 19.6. The Hall–Kier alpha value is -2.88. The van der Waals surface area contributed by atoms with Gasteiger partial charge in [-0.1, -0.05) is 48.5 Å². The Morgan fingerprint density at radius 2 is 1.74 bits per heavy atom. The molecule has 2 aromatic rings. The van der Waals surface area contributed by atoms with Gasteiger partial charge in [-0.15, -0.1) is 0 Å². The van der Waals surface area contributed by atoms with Crippen molar-refractivity contribution >= 4 is 17.4 Å². The lowest BCUT2D eigenvalue weighted by Gasteiger charge is -2.22. The monoisotopic (exact) mass is 307 g/mol. The third-order valence-electron chi connectivity index (χ3n) is 3.95. The van der Waals surface area contributed by atoms with Gasteiger partial charge >= 0.3 is 5.97 Å². The van der Waals surface area contributed by atoms with Crippen molar-refractivity contribution in [2.24, 2.45) is 0 Å². The highest BCUT2D eigenvalue weighted by Crippen LogP contribution is 2.30. The number of anilines is 1. The molecule has 1 aliphatic carbocycles. The minimum absolute atomic E-state index is 0.0595. The van der Waals surface area contributed by atoms with Crippen molar-refractivity contribution in [2.45, 2.75) is 12.0 Å². The van der Waals surface area contributed by atoms with Crippen LogP contribution >= 0.6 is 0 Å². The molecule has 0 bridgehead atoms. The number of rotatable bonds is 4. The molecule has 23 heavy (non-hydrogen) atoms. The first-order chi connectivity index (χ1) is 11.2. The van der Waals surface area contributed by atoms with E-state index >= 15 is 0 Å². The average molecular weight is 307 g/mol. The van der Waals surface area contributed by atoms with Gasteiger partial charge in [-0.3, -0.25) is 4.79 Å². The second-order valence-electron chi connectivity index (χ2n) is 5.36. The van der Waals surface area contributed by atoms with E-state index in [2.05, 4.69) is 5.32 Å². The summed E-state index contributed by atoms with van der Waals surface area (Å²) < 4.78 is 4.81. The highest BCUT2D eigenvalue weighted by atomic mass is 16.5. The van der Waals surface area contributed by atoms with Gasteiger partial charge < -0.3 is 10.1 Å². The number of allylic oxidation sites excluding steroid dienone is 1. The highest BCUT2D eigenvalue weighted by molar-refractivity contribution is 6.00. The van der Waals surface area contributed by atoms with Gasteiger partial charge in [0, 0.05) is 5.69 Å². The zero-order chi connectivity index (χ0) is 16.2. The van der Waals surface area contributed by atoms with Gasteiger partial charge in [-0.25, -0.2) is 4.79 Å². The number of hydrogen-bond acceptors (Lipinski definition) is 4. The number of nitrogens with one attached hydrogen (secondary N) is 1. The van der Waals surface area contributed by atoms with Gasteiger partial charge in [-0.2, -0.15) is 0 Å². The molecule has 2 atom stereocenters. The van der Waals surface area contributed by atoms with Crippen molar-refractivity contribution in [1.29, 1.82) is 0 Å². The van der Waals surface area contributed by atoms with Crippen LogP contribution in [0.3, 0.4) is 0 Å².